The van der Waals surface area contributed by atoms with Gasteiger partial charge < -0.3 is 8.97 Å². The van der Waals surface area contributed by atoms with Gasteiger partial charge in [0.1, 0.15) is 5.69 Å². The second-order valence-electron chi connectivity index (χ2n) is 6.78. The van der Waals surface area contributed by atoms with Crippen molar-refractivity contribution in [1.29, 1.82) is 0 Å². The van der Waals surface area contributed by atoms with Gasteiger partial charge >= 0.3 is 0 Å². The van der Waals surface area contributed by atoms with Crippen LogP contribution in [0.3, 0.4) is 0 Å². The number of para-hydroxylation sites is 2. The van der Waals surface area contributed by atoms with E-state index in [-0.39, 0.29) is 5.56 Å². The maximum absolute atomic E-state index is 13.4. The van der Waals surface area contributed by atoms with E-state index in [9.17, 15) is 4.79 Å². The summed E-state index contributed by atoms with van der Waals surface area (Å²) in [4.78, 5) is 18.2. The van der Waals surface area contributed by atoms with Crippen molar-refractivity contribution in [1.82, 2.24) is 14.0 Å². The summed E-state index contributed by atoms with van der Waals surface area (Å²) in [5.41, 5.74) is 6.14. The van der Waals surface area contributed by atoms with Gasteiger partial charge in [-0.25, -0.2) is 4.98 Å². The van der Waals surface area contributed by atoms with Crippen LogP contribution in [-0.2, 0) is 6.54 Å². The molecule has 0 fully saturated rings. The first-order valence-corrected chi connectivity index (χ1v) is 9.43. The fourth-order valence-electron chi connectivity index (χ4n) is 3.89. The van der Waals surface area contributed by atoms with Crippen LogP contribution in [0.25, 0.3) is 38.9 Å². The predicted octanol–water partition coefficient (Wildman–Crippen LogP) is 5.00. The van der Waals surface area contributed by atoms with Crippen LogP contribution in [0.2, 0.25) is 0 Å². The van der Waals surface area contributed by atoms with Crippen molar-refractivity contribution in [3.63, 3.8) is 0 Å². The summed E-state index contributed by atoms with van der Waals surface area (Å²) in [6.45, 7) is 2.59. The molecule has 5 aromatic rings. The largest absolute Gasteiger partial charge is 0.323 e. The lowest BCUT2D eigenvalue weighted by atomic mass is 10.0. The zero-order valence-corrected chi connectivity index (χ0v) is 15.5. The molecule has 5 rings (SSSR count). The first-order valence-electron chi connectivity index (χ1n) is 9.43. The molecule has 0 bridgehead atoms. The van der Waals surface area contributed by atoms with Gasteiger partial charge in [-0.3, -0.25) is 4.79 Å². The Balaban J connectivity index is 1.91. The maximum atomic E-state index is 13.4. The first-order chi connectivity index (χ1) is 13.8. The summed E-state index contributed by atoms with van der Waals surface area (Å²) in [5, 5.41) is 0. The quantitative estimate of drug-likeness (QED) is 0.451. The number of aromatic nitrogens is 3. The lowest BCUT2D eigenvalue weighted by molar-refractivity contribution is 0.756. The van der Waals surface area contributed by atoms with Crippen LogP contribution in [-0.4, -0.2) is 14.0 Å². The predicted molar refractivity (Wildman–Crippen MR) is 114 cm³/mol. The minimum atomic E-state index is -0.0608. The molecule has 3 aromatic heterocycles. The SMILES string of the molecule is CCn1c(=O)c(-c2cn3ccccc3c2-c2ccccc2)nc2ccccc21. The summed E-state index contributed by atoms with van der Waals surface area (Å²) in [7, 11) is 0. The third-order valence-electron chi connectivity index (χ3n) is 5.17. The highest BCUT2D eigenvalue weighted by Gasteiger charge is 2.19. The van der Waals surface area contributed by atoms with Crippen molar-refractivity contribution in [2.45, 2.75) is 13.5 Å². The highest BCUT2D eigenvalue weighted by Crippen LogP contribution is 2.35. The van der Waals surface area contributed by atoms with Gasteiger partial charge in [-0.05, 0) is 36.8 Å². The van der Waals surface area contributed by atoms with Gasteiger partial charge in [-0.2, -0.15) is 0 Å². The Kier molecular flexibility index (Phi) is 3.83. The zero-order valence-electron chi connectivity index (χ0n) is 15.5. The van der Waals surface area contributed by atoms with Crippen molar-refractivity contribution in [2.75, 3.05) is 0 Å². The number of hydrogen-bond donors (Lipinski definition) is 0. The molecule has 0 spiro atoms. The number of fused-ring (bicyclic) bond motifs is 2. The Hall–Kier alpha value is -3.66. The number of pyridine rings is 1. The molecule has 0 saturated heterocycles. The highest BCUT2D eigenvalue weighted by molar-refractivity contribution is 5.94. The molecule has 4 nitrogen and oxygen atoms in total. The van der Waals surface area contributed by atoms with Gasteiger partial charge in [-0.15, -0.1) is 0 Å². The van der Waals surface area contributed by atoms with Crippen LogP contribution in [0.4, 0.5) is 0 Å². The Morgan fingerprint density at radius 2 is 1.57 bits per heavy atom. The number of rotatable bonds is 3. The lowest BCUT2D eigenvalue weighted by Gasteiger charge is -2.11. The van der Waals surface area contributed by atoms with E-state index in [1.54, 1.807) is 4.57 Å². The molecule has 0 atom stereocenters. The van der Waals surface area contributed by atoms with Gasteiger partial charge in [-0.1, -0.05) is 48.5 Å². The van der Waals surface area contributed by atoms with E-state index in [0.29, 0.717) is 12.2 Å². The molecule has 136 valence electrons. The van der Waals surface area contributed by atoms with E-state index in [1.165, 1.54) is 0 Å². The molecule has 0 radical (unpaired) electrons. The zero-order chi connectivity index (χ0) is 19.1. The number of benzene rings is 2. The smallest absolute Gasteiger partial charge is 0.277 e. The molecule has 0 aliphatic carbocycles. The molecule has 0 amide bonds. The average molecular weight is 365 g/mol. The number of aryl methyl sites for hydroxylation is 1. The fourth-order valence-corrected chi connectivity index (χ4v) is 3.89. The molecule has 0 saturated carbocycles. The molecule has 0 N–H and O–H groups in total. The van der Waals surface area contributed by atoms with E-state index < -0.39 is 0 Å². The Morgan fingerprint density at radius 1 is 0.857 bits per heavy atom. The lowest BCUT2D eigenvalue weighted by Crippen LogP contribution is -2.23. The van der Waals surface area contributed by atoms with Crippen molar-refractivity contribution < 1.29 is 0 Å². The minimum Gasteiger partial charge on any atom is -0.323 e. The highest BCUT2D eigenvalue weighted by atomic mass is 16.1. The van der Waals surface area contributed by atoms with E-state index in [1.807, 2.05) is 73.9 Å². The van der Waals surface area contributed by atoms with Gasteiger partial charge in [0.2, 0.25) is 0 Å². The van der Waals surface area contributed by atoms with Gasteiger partial charge in [0.25, 0.3) is 5.56 Å². The topological polar surface area (TPSA) is 39.3 Å². The molecule has 0 aliphatic heterocycles. The van der Waals surface area contributed by atoms with Crippen LogP contribution >= 0.6 is 0 Å². The van der Waals surface area contributed by atoms with Gasteiger partial charge in [0.05, 0.1) is 16.6 Å². The minimum absolute atomic E-state index is 0.0608. The van der Waals surface area contributed by atoms with Crippen LogP contribution in [0.5, 0.6) is 0 Å². The van der Waals surface area contributed by atoms with Gasteiger partial charge in [0.15, 0.2) is 0 Å². The Bertz CT molecular complexity index is 1360. The van der Waals surface area contributed by atoms with E-state index in [2.05, 4.69) is 22.6 Å². The average Bonchev–Trinajstić information content (AvgIpc) is 3.13. The first kappa shape index (κ1) is 16.5. The molecule has 2 aromatic carbocycles. The summed E-state index contributed by atoms with van der Waals surface area (Å²) in [6.07, 6.45) is 4.01. The van der Waals surface area contributed by atoms with Crippen molar-refractivity contribution in [3.8, 4) is 22.4 Å². The van der Waals surface area contributed by atoms with Crippen molar-refractivity contribution >= 4 is 16.6 Å². The second kappa shape index (κ2) is 6.50. The third kappa shape index (κ3) is 2.46. The summed E-state index contributed by atoms with van der Waals surface area (Å²) in [6, 6.07) is 24.1. The van der Waals surface area contributed by atoms with Crippen LogP contribution < -0.4 is 5.56 Å². The van der Waals surface area contributed by atoms with Crippen molar-refractivity contribution in [3.05, 3.63) is 95.5 Å². The molecule has 3 heterocycles. The Morgan fingerprint density at radius 3 is 2.39 bits per heavy atom. The summed E-state index contributed by atoms with van der Waals surface area (Å²) < 4.78 is 3.86. The molecule has 0 aliphatic rings. The monoisotopic (exact) mass is 365 g/mol. The summed E-state index contributed by atoms with van der Waals surface area (Å²) in [5.74, 6) is 0. The standard InChI is InChI=1S/C24H19N3O/c1-2-27-20-13-7-6-12-19(20)25-23(24(27)28)18-16-26-15-9-8-14-21(26)22(18)17-10-4-3-5-11-17/h3-16H,2H2,1H3. The van der Waals surface area contributed by atoms with Gasteiger partial charge in [0, 0.05) is 30.1 Å². The van der Waals surface area contributed by atoms with Crippen LogP contribution in [0.1, 0.15) is 6.92 Å². The molecular weight excluding hydrogens is 346 g/mol. The third-order valence-corrected chi connectivity index (χ3v) is 5.17. The van der Waals surface area contributed by atoms with Crippen LogP contribution in [0.15, 0.2) is 90.0 Å². The molecular formula is C24H19N3O. The van der Waals surface area contributed by atoms with Crippen molar-refractivity contribution in [2.24, 2.45) is 0 Å². The molecule has 4 heteroatoms. The second-order valence-corrected chi connectivity index (χ2v) is 6.78. The normalized spacial score (nSPS) is 11.3. The number of hydrogen-bond acceptors (Lipinski definition) is 2. The number of nitrogens with zero attached hydrogens (tertiary/aromatic N) is 3. The van der Waals surface area contributed by atoms with E-state index in [4.69, 9.17) is 4.98 Å². The van der Waals surface area contributed by atoms with Crippen LogP contribution in [0, 0.1) is 0 Å². The maximum Gasteiger partial charge on any atom is 0.277 e. The van der Waals surface area contributed by atoms with E-state index >= 15 is 0 Å². The Labute approximate surface area is 162 Å². The summed E-state index contributed by atoms with van der Waals surface area (Å²) >= 11 is 0. The molecule has 28 heavy (non-hydrogen) atoms. The molecule has 0 unspecified atom stereocenters. The van der Waals surface area contributed by atoms with E-state index in [0.717, 1.165) is 33.2 Å². The fraction of sp³-hybridized carbons (Fsp3) is 0.0833.